The number of fused-ring (bicyclic) bond motifs is 1. The second-order valence-corrected chi connectivity index (χ2v) is 4.05. The Labute approximate surface area is 107 Å². The predicted octanol–water partition coefficient (Wildman–Crippen LogP) is 1.56. The molecule has 2 rings (SSSR count). The van der Waals surface area contributed by atoms with Crippen molar-refractivity contribution in [3.63, 3.8) is 0 Å². The van der Waals surface area contributed by atoms with Gasteiger partial charge in [0, 0.05) is 18.7 Å². The summed E-state index contributed by atoms with van der Waals surface area (Å²) in [7, 11) is 0. The third-order valence-electron chi connectivity index (χ3n) is 2.20. The number of H-pyrrole nitrogens is 1. The summed E-state index contributed by atoms with van der Waals surface area (Å²) in [6, 6.07) is 5.13. The van der Waals surface area contributed by atoms with Crippen molar-refractivity contribution in [3.05, 3.63) is 23.0 Å². The third kappa shape index (κ3) is 2.95. The Morgan fingerprint density at radius 3 is 2.94 bits per heavy atom. The van der Waals surface area contributed by atoms with Crippen molar-refractivity contribution in [2.75, 3.05) is 11.9 Å². The number of hydrogen-bond acceptors (Lipinski definition) is 4. The van der Waals surface area contributed by atoms with E-state index in [2.05, 4.69) is 15.6 Å². The fraction of sp³-hybridized carbons (Fsp3) is 0.182. The highest BCUT2D eigenvalue weighted by molar-refractivity contribution is 7.71. The highest BCUT2D eigenvalue weighted by Crippen LogP contribution is 2.18. The van der Waals surface area contributed by atoms with Gasteiger partial charge in [-0.2, -0.15) is 0 Å². The van der Waals surface area contributed by atoms with E-state index >= 15 is 0 Å². The van der Waals surface area contributed by atoms with E-state index in [4.69, 9.17) is 16.6 Å². The van der Waals surface area contributed by atoms with Crippen LogP contribution in [0.25, 0.3) is 11.1 Å². The summed E-state index contributed by atoms with van der Waals surface area (Å²) in [5.41, 5.74) is 1.91. The van der Waals surface area contributed by atoms with Gasteiger partial charge in [0.15, 0.2) is 5.58 Å². The first-order valence-corrected chi connectivity index (χ1v) is 5.62. The zero-order chi connectivity index (χ0) is 13.1. The van der Waals surface area contributed by atoms with Crippen molar-refractivity contribution >= 4 is 40.8 Å². The lowest BCUT2D eigenvalue weighted by atomic mass is 10.3. The highest BCUT2D eigenvalue weighted by atomic mass is 32.1. The molecule has 3 N–H and O–H groups in total. The molecule has 1 aromatic carbocycles. The number of aromatic nitrogens is 1. The molecule has 6 nitrogen and oxygen atoms in total. The number of anilines is 1. The van der Waals surface area contributed by atoms with Crippen LogP contribution in [0.4, 0.5) is 5.69 Å². The van der Waals surface area contributed by atoms with Crippen molar-refractivity contribution in [2.45, 2.75) is 6.92 Å². The quantitative estimate of drug-likeness (QED) is 0.735. The molecule has 0 unspecified atom stereocenters. The van der Waals surface area contributed by atoms with E-state index in [1.54, 1.807) is 18.2 Å². The van der Waals surface area contributed by atoms with Gasteiger partial charge in [-0.1, -0.05) is 0 Å². The number of aromatic amines is 1. The smallest absolute Gasteiger partial charge is 0.266 e. The molecule has 0 aliphatic rings. The predicted molar refractivity (Wildman–Crippen MR) is 68.7 cm³/mol. The first-order valence-electron chi connectivity index (χ1n) is 5.22. The average molecular weight is 265 g/mol. The maximum atomic E-state index is 11.5. The van der Waals surface area contributed by atoms with Gasteiger partial charge >= 0.3 is 0 Å². The van der Waals surface area contributed by atoms with E-state index in [1.807, 2.05) is 0 Å². The maximum absolute atomic E-state index is 11.5. The van der Waals surface area contributed by atoms with Crippen LogP contribution in [-0.2, 0) is 9.59 Å². The summed E-state index contributed by atoms with van der Waals surface area (Å²) >= 11 is 4.86. The minimum atomic E-state index is -0.307. The van der Waals surface area contributed by atoms with Crippen LogP contribution in [0.1, 0.15) is 6.92 Å². The Hall–Kier alpha value is -2.15. The molecule has 0 bridgehead atoms. The monoisotopic (exact) mass is 265 g/mol. The summed E-state index contributed by atoms with van der Waals surface area (Å²) in [6.07, 6.45) is 0. The zero-order valence-corrected chi connectivity index (χ0v) is 10.4. The summed E-state index contributed by atoms with van der Waals surface area (Å²) in [5.74, 6) is -0.560. The Morgan fingerprint density at radius 1 is 1.44 bits per heavy atom. The Kier molecular flexibility index (Phi) is 3.42. The highest BCUT2D eigenvalue weighted by Gasteiger charge is 2.05. The largest absolute Gasteiger partial charge is 0.429 e. The fourth-order valence-corrected chi connectivity index (χ4v) is 1.63. The van der Waals surface area contributed by atoms with Crippen molar-refractivity contribution in [1.29, 1.82) is 0 Å². The Morgan fingerprint density at radius 2 is 2.22 bits per heavy atom. The summed E-state index contributed by atoms with van der Waals surface area (Å²) < 4.78 is 5.23. The van der Waals surface area contributed by atoms with Gasteiger partial charge < -0.3 is 20.0 Å². The van der Waals surface area contributed by atoms with Gasteiger partial charge in [0.25, 0.3) is 4.84 Å². The van der Waals surface area contributed by atoms with Crippen LogP contribution in [0.5, 0.6) is 0 Å². The summed E-state index contributed by atoms with van der Waals surface area (Å²) in [6.45, 7) is 1.28. The van der Waals surface area contributed by atoms with Crippen LogP contribution in [0.2, 0.25) is 0 Å². The molecule has 0 aliphatic carbocycles. The van der Waals surface area contributed by atoms with Crippen LogP contribution < -0.4 is 10.6 Å². The van der Waals surface area contributed by atoms with Crippen molar-refractivity contribution < 1.29 is 14.0 Å². The second-order valence-electron chi connectivity index (χ2n) is 3.68. The van der Waals surface area contributed by atoms with Crippen molar-refractivity contribution in [3.8, 4) is 0 Å². The number of carbonyl (C=O) groups is 2. The normalized spacial score (nSPS) is 10.3. The van der Waals surface area contributed by atoms with Crippen LogP contribution >= 0.6 is 12.2 Å². The number of nitrogens with one attached hydrogen (secondary N) is 3. The molecule has 0 fully saturated rings. The molecule has 1 aromatic heterocycles. The molecule has 0 saturated carbocycles. The van der Waals surface area contributed by atoms with Crippen LogP contribution in [0.3, 0.4) is 0 Å². The van der Waals surface area contributed by atoms with E-state index in [9.17, 15) is 9.59 Å². The van der Waals surface area contributed by atoms with Gasteiger partial charge in [0.1, 0.15) is 0 Å². The van der Waals surface area contributed by atoms with Crippen LogP contribution in [0.15, 0.2) is 22.6 Å². The first kappa shape index (κ1) is 12.3. The fourth-order valence-electron chi connectivity index (χ4n) is 1.43. The molecule has 2 aromatic rings. The minimum Gasteiger partial charge on any atom is -0.429 e. The molecule has 0 spiro atoms. The molecular formula is C11H11N3O3S. The number of amides is 2. The average Bonchev–Trinajstić information content (AvgIpc) is 2.66. The molecule has 2 amide bonds. The van der Waals surface area contributed by atoms with E-state index in [1.165, 1.54) is 6.92 Å². The van der Waals surface area contributed by atoms with E-state index in [0.717, 1.165) is 5.52 Å². The summed E-state index contributed by atoms with van der Waals surface area (Å²) in [4.78, 5) is 25.3. The van der Waals surface area contributed by atoms with Crippen LogP contribution in [-0.4, -0.2) is 23.3 Å². The van der Waals surface area contributed by atoms with E-state index in [-0.39, 0.29) is 23.2 Å². The molecule has 0 atom stereocenters. The molecular weight excluding hydrogens is 254 g/mol. The van der Waals surface area contributed by atoms with Gasteiger partial charge in [-0.05, 0) is 24.4 Å². The third-order valence-corrected chi connectivity index (χ3v) is 2.39. The number of benzene rings is 1. The molecule has 0 aliphatic heterocycles. The number of rotatable bonds is 3. The SMILES string of the molecule is CC(=O)NCC(=O)Nc1ccc2[nH]c(=S)oc2c1. The Bertz CT molecular complexity index is 659. The summed E-state index contributed by atoms with van der Waals surface area (Å²) in [5, 5.41) is 5.05. The molecule has 0 saturated heterocycles. The lowest BCUT2D eigenvalue weighted by Crippen LogP contribution is -2.31. The van der Waals surface area contributed by atoms with E-state index in [0.29, 0.717) is 11.3 Å². The second kappa shape index (κ2) is 5.01. The van der Waals surface area contributed by atoms with Gasteiger partial charge in [-0.3, -0.25) is 9.59 Å². The van der Waals surface area contributed by atoms with Gasteiger partial charge in [-0.15, -0.1) is 0 Å². The van der Waals surface area contributed by atoms with Gasteiger partial charge in [0.2, 0.25) is 11.8 Å². The number of oxazole rings is 1. The Balaban J connectivity index is 2.09. The number of carbonyl (C=O) groups excluding carboxylic acids is 2. The van der Waals surface area contributed by atoms with Gasteiger partial charge in [0.05, 0.1) is 12.1 Å². The van der Waals surface area contributed by atoms with Gasteiger partial charge in [-0.25, -0.2) is 0 Å². The van der Waals surface area contributed by atoms with E-state index < -0.39 is 0 Å². The topological polar surface area (TPSA) is 87.1 Å². The van der Waals surface area contributed by atoms with Crippen molar-refractivity contribution in [1.82, 2.24) is 10.3 Å². The number of hydrogen-bond donors (Lipinski definition) is 3. The molecule has 0 radical (unpaired) electrons. The first-order chi connectivity index (χ1) is 8.54. The standard InChI is InChI=1S/C11H11N3O3S/c1-6(15)12-5-10(16)13-7-2-3-8-9(4-7)17-11(18)14-8/h2-4H,5H2,1H3,(H,12,15)(H,13,16)(H,14,18). The lowest BCUT2D eigenvalue weighted by molar-refractivity contribution is -0.122. The lowest BCUT2D eigenvalue weighted by Gasteiger charge is -2.05. The van der Waals surface area contributed by atoms with Crippen molar-refractivity contribution in [2.24, 2.45) is 0 Å². The van der Waals surface area contributed by atoms with Crippen LogP contribution in [0, 0.1) is 4.84 Å². The molecule has 18 heavy (non-hydrogen) atoms. The molecule has 1 heterocycles. The minimum absolute atomic E-state index is 0.0655. The molecule has 7 heteroatoms. The molecule has 94 valence electrons. The zero-order valence-electron chi connectivity index (χ0n) is 9.57. The maximum Gasteiger partial charge on any atom is 0.266 e.